The monoisotopic (exact) mass is 238 g/mol. The van der Waals surface area contributed by atoms with Crippen molar-refractivity contribution in [3.05, 3.63) is 37.0 Å². The van der Waals surface area contributed by atoms with Crippen LogP contribution in [0.2, 0.25) is 0 Å². The quantitative estimate of drug-likeness (QED) is 0.633. The Morgan fingerprint density at radius 2 is 2.25 bits per heavy atom. The van der Waals surface area contributed by atoms with Gasteiger partial charge in [0.15, 0.2) is 0 Å². The molecule has 0 atom stereocenters. The van der Waals surface area contributed by atoms with Gasteiger partial charge < -0.3 is 12.2 Å². The van der Waals surface area contributed by atoms with Crippen LogP contribution >= 0.6 is 0 Å². The Morgan fingerprint density at radius 1 is 1.42 bits per heavy atom. The summed E-state index contributed by atoms with van der Waals surface area (Å²) in [6, 6.07) is 5.93. The fourth-order valence-corrected chi connectivity index (χ4v) is 0.844. The van der Waals surface area contributed by atoms with E-state index in [1.165, 1.54) is 0 Å². The minimum absolute atomic E-state index is 0. The van der Waals surface area contributed by atoms with Gasteiger partial charge in [-0.1, -0.05) is 6.07 Å². The first kappa shape index (κ1) is 12.2. The third-order valence-electron chi connectivity index (χ3n) is 1.39. The number of rotatable bonds is 4. The van der Waals surface area contributed by atoms with Gasteiger partial charge in [0, 0.05) is 45.5 Å². The molecule has 1 rings (SSSR count). The molecule has 0 saturated heterocycles. The van der Waals surface area contributed by atoms with Crippen LogP contribution in [0, 0.1) is 6.92 Å². The Hall–Kier alpha value is 0.214. The first-order chi connectivity index (χ1) is 5.43. The maximum absolute atomic E-state index is 4.17. The van der Waals surface area contributed by atoms with Crippen LogP contribution < -0.4 is 5.32 Å². The van der Waals surface area contributed by atoms with E-state index in [0.717, 1.165) is 25.2 Å². The van der Waals surface area contributed by atoms with Crippen molar-refractivity contribution in [2.45, 2.75) is 13.0 Å². The van der Waals surface area contributed by atoms with Gasteiger partial charge in [-0.05, 0) is 18.7 Å². The second-order valence-electron chi connectivity index (χ2n) is 2.35. The molecule has 0 aromatic carbocycles. The van der Waals surface area contributed by atoms with Crippen LogP contribution in [0.25, 0.3) is 0 Å². The van der Waals surface area contributed by atoms with E-state index in [-0.39, 0.29) is 32.7 Å². The van der Waals surface area contributed by atoms with Gasteiger partial charge >= 0.3 is 0 Å². The summed E-state index contributed by atoms with van der Waals surface area (Å²) in [6.45, 7) is 5.53. The van der Waals surface area contributed by atoms with Crippen molar-refractivity contribution in [2.24, 2.45) is 0 Å². The van der Waals surface area contributed by atoms with Gasteiger partial charge in [-0.25, -0.2) is 0 Å². The van der Waals surface area contributed by atoms with Gasteiger partial charge in [0.2, 0.25) is 0 Å². The number of hydrogen-bond donors (Lipinski definition) is 1. The third kappa shape index (κ3) is 4.97. The zero-order chi connectivity index (χ0) is 7.94. The van der Waals surface area contributed by atoms with Gasteiger partial charge in [-0.3, -0.25) is 4.98 Å². The molecule has 0 aliphatic rings. The van der Waals surface area contributed by atoms with Gasteiger partial charge in [-0.2, -0.15) is 6.42 Å². The molecule has 1 aromatic rings. The Morgan fingerprint density at radius 3 is 2.83 bits per heavy atom. The number of nitrogens with one attached hydrogen (secondary N) is 1. The van der Waals surface area contributed by atoms with Crippen LogP contribution in [0.5, 0.6) is 0 Å². The summed E-state index contributed by atoms with van der Waals surface area (Å²) in [5.74, 6) is 0. The minimum atomic E-state index is 0. The van der Waals surface area contributed by atoms with Crippen molar-refractivity contribution in [3.63, 3.8) is 0 Å². The molecule has 1 radical (unpaired) electrons. The van der Waals surface area contributed by atoms with Crippen LogP contribution in [0.15, 0.2) is 24.4 Å². The van der Waals surface area contributed by atoms with E-state index in [1.54, 1.807) is 6.20 Å². The average molecular weight is 238 g/mol. The van der Waals surface area contributed by atoms with E-state index >= 15 is 0 Å². The molecule has 12 heavy (non-hydrogen) atoms. The fraction of sp³-hybridized carbons (Fsp3) is 0.333. The molecular weight excluding hydrogens is 225 g/mol. The maximum atomic E-state index is 4.17. The first-order valence-electron chi connectivity index (χ1n) is 3.83. The van der Waals surface area contributed by atoms with E-state index in [2.05, 4.69) is 17.2 Å². The molecule has 0 aliphatic heterocycles. The molecule has 0 aliphatic carbocycles. The van der Waals surface area contributed by atoms with Gasteiger partial charge in [-0.15, -0.1) is 0 Å². The Balaban J connectivity index is 0.00000121. The third-order valence-corrected chi connectivity index (χ3v) is 1.39. The van der Waals surface area contributed by atoms with Crippen LogP contribution in [0.4, 0.5) is 0 Å². The molecule has 1 aromatic heterocycles. The second-order valence-corrected chi connectivity index (χ2v) is 2.35. The molecule has 0 amide bonds. The number of pyridine rings is 1. The number of hydrogen-bond acceptors (Lipinski definition) is 2. The fourth-order valence-electron chi connectivity index (χ4n) is 0.844. The summed E-state index contributed by atoms with van der Waals surface area (Å²) in [5, 5.41) is 3.23. The Bertz CT molecular complexity index is 189. The van der Waals surface area contributed by atoms with Crippen molar-refractivity contribution in [2.75, 3.05) is 6.54 Å². The first-order valence-corrected chi connectivity index (χ1v) is 3.83. The van der Waals surface area contributed by atoms with Gasteiger partial charge in [0.25, 0.3) is 0 Å². The smallest absolute Gasteiger partial charge is 0.0541 e. The Kier molecular flexibility index (Phi) is 7.98. The molecule has 2 nitrogen and oxygen atoms in total. The van der Waals surface area contributed by atoms with Crippen molar-refractivity contribution >= 4 is 0 Å². The van der Waals surface area contributed by atoms with Crippen LogP contribution in [-0.2, 0) is 39.3 Å². The maximum Gasteiger partial charge on any atom is 0.0541 e. The number of nitrogens with zero attached hydrogens (tertiary/aromatic N) is 1. The van der Waals surface area contributed by atoms with E-state index in [1.807, 2.05) is 18.2 Å². The molecule has 0 spiro atoms. The predicted octanol–water partition coefficient (Wildman–Crippen LogP) is 1.39. The predicted molar refractivity (Wildman–Crippen MR) is 45.9 cm³/mol. The molecule has 1 N–H and O–H groups in total. The van der Waals surface area contributed by atoms with E-state index in [4.69, 9.17) is 0 Å². The van der Waals surface area contributed by atoms with E-state index in [0.29, 0.717) is 0 Å². The Labute approximate surface area is 99.0 Å². The van der Waals surface area contributed by atoms with Gasteiger partial charge in [0.05, 0.1) is 5.69 Å². The van der Waals surface area contributed by atoms with Crippen LogP contribution in [-0.4, -0.2) is 11.5 Å². The standard InChI is InChI=1S/C9H13N2.Y/c1-2-6-10-8-9-5-3-4-7-11-9;/h3-5,7,10H,1-2,6,8H2;/q-1;. The van der Waals surface area contributed by atoms with Crippen molar-refractivity contribution in [3.8, 4) is 0 Å². The number of aromatic nitrogens is 1. The average Bonchev–Trinajstić information content (AvgIpc) is 2.07. The summed E-state index contributed by atoms with van der Waals surface area (Å²) in [4.78, 5) is 4.17. The molecule has 0 bridgehead atoms. The minimum Gasteiger partial charge on any atom is -0.342 e. The summed E-state index contributed by atoms with van der Waals surface area (Å²) >= 11 is 0. The molecule has 3 heteroatoms. The topological polar surface area (TPSA) is 24.9 Å². The molecule has 1 heterocycles. The summed E-state index contributed by atoms with van der Waals surface area (Å²) < 4.78 is 0. The summed E-state index contributed by atoms with van der Waals surface area (Å²) in [6.07, 6.45) is 2.73. The summed E-state index contributed by atoms with van der Waals surface area (Å²) in [7, 11) is 0. The molecular formula is C9H13N2Y-. The molecule has 0 fully saturated rings. The van der Waals surface area contributed by atoms with Crippen LogP contribution in [0.3, 0.4) is 0 Å². The SMILES string of the molecule is [CH2-]CCNCc1ccccn1.[Y]. The largest absolute Gasteiger partial charge is 0.342 e. The normalized spacial score (nSPS) is 9.08. The molecule has 0 saturated carbocycles. The van der Waals surface area contributed by atoms with Gasteiger partial charge in [0.1, 0.15) is 0 Å². The van der Waals surface area contributed by atoms with Crippen LogP contribution in [0.1, 0.15) is 12.1 Å². The summed E-state index contributed by atoms with van der Waals surface area (Å²) in [5.41, 5.74) is 1.08. The van der Waals surface area contributed by atoms with Crippen molar-refractivity contribution in [1.29, 1.82) is 0 Å². The zero-order valence-electron chi connectivity index (χ0n) is 7.16. The molecule has 0 unspecified atom stereocenters. The van der Waals surface area contributed by atoms with E-state index in [9.17, 15) is 0 Å². The zero-order valence-corrected chi connectivity index (χ0v) is 10.0. The van der Waals surface area contributed by atoms with E-state index < -0.39 is 0 Å². The van der Waals surface area contributed by atoms with Crippen molar-refractivity contribution < 1.29 is 32.7 Å². The van der Waals surface area contributed by atoms with Crippen molar-refractivity contribution in [1.82, 2.24) is 10.3 Å². The molecule has 63 valence electrons. The second kappa shape index (κ2) is 7.84.